The third kappa shape index (κ3) is 4.47. The molecule has 2 atom stereocenters. The molecule has 0 spiro atoms. The van der Waals surface area contributed by atoms with Gasteiger partial charge in [-0.3, -0.25) is 0 Å². The Morgan fingerprint density at radius 2 is 0.737 bits per heavy atom. The van der Waals surface area contributed by atoms with Crippen LogP contribution in [-0.4, -0.2) is 11.1 Å². The summed E-state index contributed by atoms with van der Waals surface area (Å²) in [6, 6.07) is 17.9. The van der Waals surface area contributed by atoms with E-state index < -0.39 is 0 Å². The van der Waals surface area contributed by atoms with E-state index in [-0.39, 0.29) is 23.2 Å². The van der Waals surface area contributed by atoms with Crippen molar-refractivity contribution in [1.29, 1.82) is 0 Å². The SMILES string of the molecule is Clc1ccc([C@@H](NC23CC4CC(CC(C4)C2)C3)[C@@H](NC23CC4CC(CC(C4)C2)C3)c2ccc(Cl)cc2)cc1. The first-order chi connectivity index (χ1) is 18.4. The fraction of sp³-hybridized carbons (Fsp3) is 0.647. The van der Waals surface area contributed by atoms with Crippen LogP contribution in [0.4, 0.5) is 0 Å². The Morgan fingerprint density at radius 3 is 1.00 bits per heavy atom. The van der Waals surface area contributed by atoms with Gasteiger partial charge in [-0.2, -0.15) is 0 Å². The molecular formula is C34H42Cl2N2. The van der Waals surface area contributed by atoms with Crippen molar-refractivity contribution < 1.29 is 0 Å². The smallest absolute Gasteiger partial charge is 0.0522 e. The van der Waals surface area contributed by atoms with Crippen molar-refractivity contribution >= 4 is 23.2 Å². The van der Waals surface area contributed by atoms with Crippen molar-refractivity contribution in [2.24, 2.45) is 35.5 Å². The Kier molecular flexibility index (Phi) is 6.00. The topological polar surface area (TPSA) is 24.1 Å². The number of benzene rings is 2. The van der Waals surface area contributed by atoms with Crippen molar-refractivity contribution in [3.63, 3.8) is 0 Å². The molecular weight excluding hydrogens is 507 g/mol. The van der Waals surface area contributed by atoms with Crippen molar-refractivity contribution in [1.82, 2.24) is 10.6 Å². The molecule has 8 bridgehead atoms. The molecule has 2 nitrogen and oxygen atoms in total. The second kappa shape index (κ2) is 9.23. The van der Waals surface area contributed by atoms with Crippen LogP contribution in [0.3, 0.4) is 0 Å². The van der Waals surface area contributed by atoms with Crippen LogP contribution < -0.4 is 10.6 Å². The van der Waals surface area contributed by atoms with Gasteiger partial charge >= 0.3 is 0 Å². The van der Waals surface area contributed by atoms with Crippen LogP contribution in [-0.2, 0) is 0 Å². The van der Waals surface area contributed by atoms with Gasteiger partial charge in [0.2, 0.25) is 0 Å². The van der Waals surface area contributed by atoms with E-state index in [9.17, 15) is 0 Å². The van der Waals surface area contributed by atoms with Crippen LogP contribution in [0.5, 0.6) is 0 Å². The van der Waals surface area contributed by atoms with Crippen LogP contribution in [0, 0.1) is 35.5 Å². The lowest BCUT2D eigenvalue weighted by Gasteiger charge is -2.60. The van der Waals surface area contributed by atoms with E-state index in [1.807, 2.05) is 0 Å². The van der Waals surface area contributed by atoms with Crippen molar-refractivity contribution in [2.75, 3.05) is 0 Å². The Balaban J connectivity index is 1.19. The van der Waals surface area contributed by atoms with Gasteiger partial charge in [0, 0.05) is 21.1 Å². The zero-order valence-corrected chi connectivity index (χ0v) is 24.0. The monoisotopic (exact) mass is 548 g/mol. The summed E-state index contributed by atoms with van der Waals surface area (Å²) in [4.78, 5) is 0. The second-order valence-corrected chi connectivity index (χ2v) is 15.6. The average Bonchev–Trinajstić information content (AvgIpc) is 2.86. The molecule has 0 amide bonds. The fourth-order valence-electron chi connectivity index (χ4n) is 11.3. The standard InChI is InChI=1S/C34H42Cl2N2/c35-29-5-1-27(2-6-29)31(37-33-15-21-9-22(16-33)11-23(10-21)17-33)32(28-3-7-30(36)8-4-28)38-34-18-24-12-25(19-34)14-26(13-24)20-34/h1-8,21-26,31-32,37-38H,9-20H2/t21?,22?,23?,24?,25?,26?,31-,32+,33?,34?. The maximum atomic E-state index is 6.42. The van der Waals surface area contributed by atoms with Crippen LogP contribution in [0.1, 0.15) is 100 Å². The highest BCUT2D eigenvalue weighted by molar-refractivity contribution is 6.30. The van der Waals surface area contributed by atoms with Gasteiger partial charge in [-0.15, -0.1) is 0 Å². The first kappa shape index (κ1) is 24.7. The summed E-state index contributed by atoms with van der Waals surface area (Å²) in [5, 5.41) is 10.5. The molecule has 0 unspecified atom stereocenters. The number of hydrogen-bond donors (Lipinski definition) is 2. The lowest BCUT2D eigenvalue weighted by atomic mass is 9.52. The molecule has 10 rings (SSSR count). The van der Waals surface area contributed by atoms with Gasteiger partial charge in [-0.1, -0.05) is 47.5 Å². The summed E-state index contributed by atoms with van der Waals surface area (Å²) in [7, 11) is 0. The van der Waals surface area contributed by atoms with E-state index in [1.54, 1.807) is 0 Å². The maximum Gasteiger partial charge on any atom is 0.0522 e. The second-order valence-electron chi connectivity index (χ2n) is 14.7. The molecule has 4 heteroatoms. The third-order valence-electron chi connectivity index (χ3n) is 11.8. The van der Waals surface area contributed by atoms with Crippen molar-refractivity contribution in [3.8, 4) is 0 Å². The quantitative estimate of drug-likeness (QED) is 0.360. The zero-order valence-electron chi connectivity index (χ0n) is 22.5. The van der Waals surface area contributed by atoms with Gasteiger partial charge in [-0.05, 0) is 148 Å². The summed E-state index contributed by atoms with van der Waals surface area (Å²) in [5.74, 6) is 5.53. The van der Waals surface area contributed by atoms with Crippen molar-refractivity contribution in [3.05, 3.63) is 69.7 Å². The Hall–Kier alpha value is -1.06. The molecule has 0 aromatic heterocycles. The van der Waals surface area contributed by atoms with Crippen LogP contribution in [0.25, 0.3) is 0 Å². The minimum Gasteiger partial charge on any atom is -0.303 e. The highest BCUT2D eigenvalue weighted by atomic mass is 35.5. The van der Waals surface area contributed by atoms with E-state index >= 15 is 0 Å². The molecule has 0 aliphatic heterocycles. The summed E-state index contributed by atoms with van der Waals surface area (Å²) < 4.78 is 0. The van der Waals surface area contributed by atoms with Gasteiger partial charge < -0.3 is 10.6 Å². The average molecular weight is 550 g/mol. The van der Waals surface area contributed by atoms with Gasteiger partial charge in [0.15, 0.2) is 0 Å². The number of nitrogens with one attached hydrogen (secondary N) is 2. The Bertz CT molecular complexity index is 1010. The maximum absolute atomic E-state index is 6.42. The molecule has 8 saturated carbocycles. The summed E-state index contributed by atoms with van der Waals surface area (Å²) in [6.07, 6.45) is 17.0. The molecule has 0 radical (unpaired) electrons. The molecule has 202 valence electrons. The summed E-state index contributed by atoms with van der Waals surface area (Å²) >= 11 is 12.8. The predicted molar refractivity (Wildman–Crippen MR) is 156 cm³/mol. The van der Waals surface area contributed by atoms with E-state index in [1.165, 1.54) is 88.2 Å². The minimum atomic E-state index is 0.206. The van der Waals surface area contributed by atoms with Gasteiger partial charge in [0.25, 0.3) is 0 Å². The first-order valence-corrected chi connectivity index (χ1v) is 16.2. The Labute approximate surface area is 238 Å². The summed E-state index contributed by atoms with van der Waals surface area (Å²) in [6.45, 7) is 0. The molecule has 8 aliphatic carbocycles. The normalized spacial score (nSPS) is 41.9. The lowest BCUT2D eigenvalue weighted by Crippen LogP contribution is -2.63. The third-order valence-corrected chi connectivity index (χ3v) is 12.3. The Morgan fingerprint density at radius 1 is 0.474 bits per heavy atom. The number of rotatable bonds is 7. The number of hydrogen-bond acceptors (Lipinski definition) is 2. The highest BCUT2D eigenvalue weighted by Crippen LogP contribution is 2.58. The van der Waals surface area contributed by atoms with E-state index in [0.717, 1.165) is 45.6 Å². The highest BCUT2D eigenvalue weighted by Gasteiger charge is 2.54. The molecule has 2 aromatic carbocycles. The molecule has 0 heterocycles. The minimum absolute atomic E-state index is 0.206. The van der Waals surface area contributed by atoms with E-state index in [4.69, 9.17) is 23.2 Å². The van der Waals surface area contributed by atoms with Crippen LogP contribution in [0.2, 0.25) is 10.0 Å². The van der Waals surface area contributed by atoms with Crippen LogP contribution in [0.15, 0.2) is 48.5 Å². The van der Waals surface area contributed by atoms with Crippen molar-refractivity contribution in [2.45, 2.75) is 100 Å². The number of halogens is 2. The van der Waals surface area contributed by atoms with Gasteiger partial charge in [0.05, 0.1) is 12.1 Å². The molecule has 2 N–H and O–H groups in total. The van der Waals surface area contributed by atoms with E-state index in [2.05, 4.69) is 59.2 Å². The van der Waals surface area contributed by atoms with Gasteiger partial charge in [0.1, 0.15) is 0 Å². The molecule has 2 aromatic rings. The van der Waals surface area contributed by atoms with E-state index in [0.29, 0.717) is 0 Å². The summed E-state index contributed by atoms with van der Waals surface area (Å²) in [5.41, 5.74) is 3.27. The lowest BCUT2D eigenvalue weighted by molar-refractivity contribution is -0.0411. The zero-order chi connectivity index (χ0) is 25.5. The molecule has 8 aliphatic rings. The largest absolute Gasteiger partial charge is 0.303 e. The molecule has 38 heavy (non-hydrogen) atoms. The first-order valence-electron chi connectivity index (χ1n) is 15.5. The molecule has 0 saturated heterocycles. The van der Waals surface area contributed by atoms with Crippen LogP contribution >= 0.6 is 23.2 Å². The molecule has 8 fully saturated rings. The fourth-order valence-corrected chi connectivity index (χ4v) is 11.5. The van der Waals surface area contributed by atoms with Gasteiger partial charge in [-0.25, -0.2) is 0 Å². The predicted octanol–water partition coefficient (Wildman–Crippen LogP) is 8.89.